The number of imide groups is 1. The van der Waals surface area contributed by atoms with Crippen molar-refractivity contribution in [3.05, 3.63) is 70.0 Å². The van der Waals surface area contributed by atoms with Gasteiger partial charge in [-0.1, -0.05) is 30.7 Å². The molecule has 1 aliphatic rings. The average Bonchev–Trinajstić information content (AvgIpc) is 3.30. The third kappa shape index (κ3) is 5.35. The van der Waals surface area contributed by atoms with Crippen molar-refractivity contribution in [3.8, 4) is 0 Å². The van der Waals surface area contributed by atoms with Crippen molar-refractivity contribution in [3.63, 3.8) is 0 Å². The van der Waals surface area contributed by atoms with Crippen LogP contribution >= 0.6 is 11.6 Å². The summed E-state index contributed by atoms with van der Waals surface area (Å²) in [7, 11) is 3.33. The number of nitrogens with one attached hydrogen (secondary N) is 1. The van der Waals surface area contributed by atoms with Crippen molar-refractivity contribution >= 4 is 41.1 Å². The number of likely N-dealkylation sites (tertiary alicyclic amines) is 1. The highest BCUT2D eigenvalue weighted by molar-refractivity contribution is 6.31. The Hall–Kier alpha value is -3.92. The molecule has 3 heterocycles. The molecule has 3 aromatic rings. The summed E-state index contributed by atoms with van der Waals surface area (Å²) in [6.07, 6.45) is 2.53. The summed E-state index contributed by atoms with van der Waals surface area (Å²) in [5.74, 6) is -0.832. The first-order valence-electron chi connectivity index (χ1n) is 12.4. The third-order valence-electron chi connectivity index (χ3n) is 6.85. The Morgan fingerprint density at radius 3 is 2.55 bits per heavy atom. The largest absolute Gasteiger partial charge is 0.384 e. The van der Waals surface area contributed by atoms with Gasteiger partial charge in [0.05, 0.1) is 12.0 Å². The van der Waals surface area contributed by atoms with Crippen molar-refractivity contribution in [2.45, 2.75) is 45.7 Å². The van der Waals surface area contributed by atoms with E-state index in [0.717, 1.165) is 21.6 Å². The number of nitrogens with zero attached hydrogens (tertiary/aromatic N) is 5. The Morgan fingerprint density at radius 2 is 1.95 bits per heavy atom. The zero-order valence-electron chi connectivity index (χ0n) is 22.1. The smallest absolute Gasteiger partial charge is 0.325 e. The second-order valence-corrected chi connectivity index (χ2v) is 10.1. The van der Waals surface area contributed by atoms with Gasteiger partial charge in [0.2, 0.25) is 5.91 Å². The van der Waals surface area contributed by atoms with E-state index in [9.17, 15) is 14.4 Å². The van der Waals surface area contributed by atoms with Gasteiger partial charge in [0.1, 0.15) is 11.9 Å². The number of urea groups is 1. The van der Waals surface area contributed by atoms with Crippen LogP contribution in [-0.4, -0.2) is 50.6 Å². The number of β-lactam (4-membered cyclic amide) rings is 1. The molecule has 4 rings (SSSR count). The van der Waals surface area contributed by atoms with E-state index in [-0.39, 0.29) is 12.5 Å². The van der Waals surface area contributed by atoms with Crippen molar-refractivity contribution in [2.75, 3.05) is 17.7 Å². The minimum Gasteiger partial charge on any atom is -0.384 e. The number of anilines is 2. The fourth-order valence-electron chi connectivity index (χ4n) is 4.75. The number of aryl methyl sites for hydroxylation is 3. The molecule has 0 aliphatic carbocycles. The standard InChI is InChI=1S/C27H32ClN7O3/c1-6-21(18-8-7-15(2)20(28)14-18)31-27(38)35-24(26(37)34(5)23-9-10-33(4)32-23)19(25(35)36)12-17-11-16(3)30-22(29)13-17/h7-11,13-14,19,21,24H,6,12H2,1-5H3,(H2,29,30)(H,31,38)/t19-,21?,24+/m1/s1. The van der Waals surface area contributed by atoms with E-state index < -0.39 is 29.8 Å². The van der Waals surface area contributed by atoms with Crippen LogP contribution in [0.25, 0.3) is 0 Å². The van der Waals surface area contributed by atoms with E-state index in [2.05, 4.69) is 15.4 Å². The second-order valence-electron chi connectivity index (χ2n) is 9.67. The number of pyridine rings is 1. The normalized spacial score (nSPS) is 17.6. The van der Waals surface area contributed by atoms with Crippen LogP contribution in [0.15, 0.2) is 42.6 Å². The van der Waals surface area contributed by atoms with E-state index in [0.29, 0.717) is 28.8 Å². The number of hydrogen-bond donors (Lipinski definition) is 2. The number of amides is 4. The maximum atomic E-state index is 13.7. The number of carbonyl (C=O) groups excluding carboxylic acids is 3. The molecule has 0 saturated carbocycles. The molecule has 3 N–H and O–H groups in total. The van der Waals surface area contributed by atoms with Crippen LogP contribution < -0.4 is 16.0 Å². The molecule has 1 aromatic carbocycles. The maximum absolute atomic E-state index is 13.7. The molecule has 3 atom stereocenters. The van der Waals surface area contributed by atoms with Gasteiger partial charge in [0, 0.05) is 37.1 Å². The van der Waals surface area contributed by atoms with E-state index in [1.165, 1.54) is 4.90 Å². The number of halogens is 1. The molecule has 4 amide bonds. The topological polar surface area (TPSA) is 126 Å². The highest BCUT2D eigenvalue weighted by atomic mass is 35.5. The van der Waals surface area contributed by atoms with Gasteiger partial charge in [-0.15, -0.1) is 0 Å². The predicted molar refractivity (Wildman–Crippen MR) is 146 cm³/mol. The van der Waals surface area contributed by atoms with Gasteiger partial charge in [-0.2, -0.15) is 5.10 Å². The third-order valence-corrected chi connectivity index (χ3v) is 7.26. The lowest BCUT2D eigenvalue weighted by molar-refractivity contribution is -0.156. The number of likely N-dealkylation sites (N-methyl/N-ethyl adjacent to an activating group) is 1. The van der Waals surface area contributed by atoms with E-state index in [4.69, 9.17) is 17.3 Å². The number of aromatic nitrogens is 3. The summed E-state index contributed by atoms with van der Waals surface area (Å²) in [5, 5.41) is 7.80. The van der Waals surface area contributed by atoms with Crippen molar-refractivity contribution < 1.29 is 14.4 Å². The first kappa shape index (κ1) is 27.1. The van der Waals surface area contributed by atoms with Gasteiger partial charge in [0.15, 0.2) is 5.82 Å². The predicted octanol–water partition coefficient (Wildman–Crippen LogP) is 3.56. The van der Waals surface area contributed by atoms with E-state index in [1.54, 1.807) is 43.2 Å². The molecule has 0 spiro atoms. The number of nitrogens with two attached hydrogens (primary N) is 1. The Bertz CT molecular complexity index is 1370. The second kappa shape index (κ2) is 10.8. The van der Waals surface area contributed by atoms with Crippen LogP contribution in [0.2, 0.25) is 5.02 Å². The summed E-state index contributed by atoms with van der Waals surface area (Å²) < 4.78 is 1.58. The Balaban J connectivity index is 1.61. The molecule has 0 bridgehead atoms. The number of rotatable bonds is 7. The summed E-state index contributed by atoms with van der Waals surface area (Å²) in [6.45, 7) is 5.63. The quantitative estimate of drug-likeness (QED) is 0.444. The van der Waals surface area contributed by atoms with Crippen molar-refractivity contribution in [1.82, 2.24) is 25.0 Å². The van der Waals surface area contributed by atoms with Gasteiger partial charge < -0.3 is 11.1 Å². The maximum Gasteiger partial charge on any atom is 0.325 e. The zero-order chi connectivity index (χ0) is 27.7. The van der Waals surface area contributed by atoms with E-state index in [1.807, 2.05) is 39.0 Å². The van der Waals surface area contributed by atoms with Crippen LogP contribution in [0.4, 0.5) is 16.4 Å². The molecular formula is C27H32ClN7O3. The summed E-state index contributed by atoms with van der Waals surface area (Å²) in [6, 6.07) is 8.75. The van der Waals surface area contributed by atoms with Gasteiger partial charge in [-0.3, -0.25) is 24.1 Å². The monoisotopic (exact) mass is 537 g/mol. The van der Waals surface area contributed by atoms with E-state index >= 15 is 0 Å². The number of carbonyl (C=O) groups is 3. The molecule has 10 nitrogen and oxygen atoms in total. The fraction of sp³-hybridized carbons (Fsp3) is 0.370. The Labute approximate surface area is 226 Å². The first-order chi connectivity index (χ1) is 18.0. The Morgan fingerprint density at radius 1 is 1.21 bits per heavy atom. The molecule has 38 heavy (non-hydrogen) atoms. The van der Waals surface area contributed by atoms with Crippen LogP contribution in [0.3, 0.4) is 0 Å². The van der Waals surface area contributed by atoms with Crippen LogP contribution in [-0.2, 0) is 23.1 Å². The highest BCUT2D eigenvalue weighted by Gasteiger charge is 2.55. The van der Waals surface area contributed by atoms with Crippen LogP contribution in [0.1, 0.15) is 41.8 Å². The lowest BCUT2D eigenvalue weighted by atomic mass is 9.81. The number of nitrogen functional groups attached to an aromatic ring is 1. The minimum atomic E-state index is -1.01. The molecule has 1 fully saturated rings. The molecule has 1 saturated heterocycles. The molecular weight excluding hydrogens is 506 g/mol. The van der Waals surface area contributed by atoms with Crippen LogP contribution in [0, 0.1) is 19.8 Å². The molecule has 11 heteroatoms. The van der Waals surface area contributed by atoms with Gasteiger partial charge in [0.25, 0.3) is 5.91 Å². The Kier molecular flexibility index (Phi) is 7.73. The van der Waals surface area contributed by atoms with Crippen molar-refractivity contribution in [1.29, 1.82) is 0 Å². The lowest BCUT2D eigenvalue weighted by Gasteiger charge is -2.45. The molecule has 0 radical (unpaired) electrons. The average molecular weight is 538 g/mol. The summed E-state index contributed by atoms with van der Waals surface area (Å²) in [5.41, 5.74) is 9.12. The van der Waals surface area contributed by atoms with Gasteiger partial charge >= 0.3 is 6.03 Å². The van der Waals surface area contributed by atoms with Gasteiger partial charge in [-0.05, 0) is 61.6 Å². The lowest BCUT2D eigenvalue weighted by Crippen LogP contribution is -2.70. The zero-order valence-corrected chi connectivity index (χ0v) is 22.9. The molecule has 1 unspecified atom stereocenters. The van der Waals surface area contributed by atoms with Gasteiger partial charge in [-0.25, -0.2) is 9.78 Å². The highest BCUT2D eigenvalue weighted by Crippen LogP contribution is 2.34. The van der Waals surface area contributed by atoms with Crippen LogP contribution in [0.5, 0.6) is 0 Å². The molecule has 200 valence electrons. The molecule has 1 aliphatic heterocycles. The SMILES string of the molecule is CCC(NC(=O)N1C(=O)[C@H](Cc2cc(C)nc(N)c2)[C@H]1C(=O)N(C)c1ccn(C)n1)c1ccc(C)c(Cl)c1. The minimum absolute atomic E-state index is 0.243. The first-order valence-corrected chi connectivity index (χ1v) is 12.8. The molecule has 2 aromatic heterocycles. The summed E-state index contributed by atoms with van der Waals surface area (Å²) in [4.78, 5) is 47.1. The summed E-state index contributed by atoms with van der Waals surface area (Å²) >= 11 is 6.31. The van der Waals surface area contributed by atoms with Crippen molar-refractivity contribution in [2.24, 2.45) is 13.0 Å². The number of hydrogen-bond acceptors (Lipinski definition) is 6. The fourth-order valence-corrected chi connectivity index (χ4v) is 4.94. The number of benzene rings is 1.